The molecule has 3 aromatic rings. The Balaban J connectivity index is 1.63. The lowest BCUT2D eigenvalue weighted by Crippen LogP contribution is -2.06. The third-order valence-electron chi connectivity index (χ3n) is 3.09. The fourth-order valence-corrected chi connectivity index (χ4v) is 2.16. The van der Waals surface area contributed by atoms with Gasteiger partial charge < -0.3 is 5.32 Å². The van der Waals surface area contributed by atoms with Crippen molar-refractivity contribution in [2.45, 2.75) is 13.3 Å². The molecular formula is C15H15ClN4. The second-order valence-electron chi connectivity index (χ2n) is 4.75. The van der Waals surface area contributed by atoms with Gasteiger partial charge >= 0.3 is 0 Å². The number of halogens is 1. The van der Waals surface area contributed by atoms with Crippen LogP contribution in [0, 0.1) is 6.92 Å². The van der Waals surface area contributed by atoms with E-state index in [0.29, 0.717) is 5.95 Å². The average molecular weight is 287 g/mol. The molecule has 0 amide bonds. The molecule has 3 rings (SSSR count). The number of nitrogens with zero attached hydrogens (tertiary/aromatic N) is 3. The van der Waals surface area contributed by atoms with E-state index in [1.807, 2.05) is 49.5 Å². The second-order valence-corrected chi connectivity index (χ2v) is 5.18. The molecule has 0 radical (unpaired) electrons. The Labute approximate surface area is 122 Å². The average Bonchev–Trinajstić information content (AvgIpc) is 2.83. The van der Waals surface area contributed by atoms with Crippen LogP contribution in [0.4, 0.5) is 5.95 Å². The summed E-state index contributed by atoms with van der Waals surface area (Å²) in [5.41, 5.74) is 3.25. The molecule has 1 N–H and O–H groups in total. The molecule has 0 saturated heterocycles. The normalized spacial score (nSPS) is 10.9. The van der Waals surface area contributed by atoms with E-state index in [0.717, 1.165) is 29.2 Å². The van der Waals surface area contributed by atoms with Crippen molar-refractivity contribution in [1.29, 1.82) is 0 Å². The number of aromatic nitrogens is 3. The van der Waals surface area contributed by atoms with Gasteiger partial charge in [-0.15, -0.1) is 5.10 Å². The Bertz CT molecular complexity index is 718. The summed E-state index contributed by atoms with van der Waals surface area (Å²) in [7, 11) is 0. The Morgan fingerprint density at radius 3 is 2.75 bits per heavy atom. The van der Waals surface area contributed by atoms with Crippen molar-refractivity contribution in [1.82, 2.24) is 14.6 Å². The van der Waals surface area contributed by atoms with Crippen LogP contribution in [0.2, 0.25) is 5.02 Å². The highest BCUT2D eigenvalue weighted by Gasteiger charge is 2.02. The third kappa shape index (κ3) is 2.91. The van der Waals surface area contributed by atoms with Gasteiger partial charge in [0.05, 0.1) is 0 Å². The molecule has 0 bridgehead atoms. The summed E-state index contributed by atoms with van der Waals surface area (Å²) in [5.74, 6) is 0.657. The zero-order valence-corrected chi connectivity index (χ0v) is 11.9. The second kappa shape index (κ2) is 5.51. The molecule has 102 valence electrons. The van der Waals surface area contributed by atoms with Crippen LogP contribution in [-0.4, -0.2) is 21.1 Å². The van der Waals surface area contributed by atoms with Gasteiger partial charge in [-0.25, -0.2) is 4.52 Å². The molecule has 0 atom stereocenters. The number of fused-ring (bicyclic) bond motifs is 1. The number of anilines is 1. The first-order chi connectivity index (χ1) is 9.70. The fraction of sp³-hybridized carbons (Fsp3) is 0.200. The number of aryl methyl sites for hydroxylation is 1. The minimum Gasteiger partial charge on any atom is -0.353 e. The predicted molar refractivity (Wildman–Crippen MR) is 81.4 cm³/mol. The van der Waals surface area contributed by atoms with Crippen LogP contribution in [0.1, 0.15) is 11.1 Å². The minimum atomic E-state index is 0.657. The van der Waals surface area contributed by atoms with Gasteiger partial charge in [-0.05, 0) is 42.7 Å². The number of nitrogens with one attached hydrogen (secondary N) is 1. The van der Waals surface area contributed by atoms with E-state index < -0.39 is 0 Å². The van der Waals surface area contributed by atoms with E-state index in [1.54, 1.807) is 4.52 Å². The summed E-state index contributed by atoms with van der Waals surface area (Å²) in [6, 6.07) is 11.9. The summed E-state index contributed by atoms with van der Waals surface area (Å²) >= 11 is 5.86. The molecule has 4 nitrogen and oxygen atoms in total. The summed E-state index contributed by atoms with van der Waals surface area (Å²) in [6.45, 7) is 2.83. The van der Waals surface area contributed by atoms with Crippen LogP contribution < -0.4 is 5.32 Å². The maximum atomic E-state index is 5.86. The standard InChI is InChI=1S/C15H15ClN4/c1-11-2-7-14-18-15(19-20(14)10-11)17-9-8-12-3-5-13(16)6-4-12/h2-7,10H,8-9H2,1H3,(H,17,19). The number of pyridine rings is 1. The summed E-state index contributed by atoms with van der Waals surface area (Å²) < 4.78 is 1.79. The molecule has 0 unspecified atom stereocenters. The van der Waals surface area contributed by atoms with Gasteiger partial charge in [0.1, 0.15) is 0 Å². The highest BCUT2D eigenvalue weighted by molar-refractivity contribution is 6.30. The van der Waals surface area contributed by atoms with Crippen molar-refractivity contribution < 1.29 is 0 Å². The Morgan fingerprint density at radius 2 is 1.95 bits per heavy atom. The monoisotopic (exact) mass is 286 g/mol. The number of hydrogen-bond donors (Lipinski definition) is 1. The Morgan fingerprint density at radius 1 is 1.15 bits per heavy atom. The molecule has 0 saturated carbocycles. The van der Waals surface area contributed by atoms with Crippen molar-refractivity contribution in [2.24, 2.45) is 0 Å². The van der Waals surface area contributed by atoms with Gasteiger partial charge in [-0.3, -0.25) is 0 Å². The van der Waals surface area contributed by atoms with Crippen LogP contribution in [0.3, 0.4) is 0 Å². The lowest BCUT2D eigenvalue weighted by atomic mass is 10.1. The van der Waals surface area contributed by atoms with Crippen molar-refractivity contribution in [3.63, 3.8) is 0 Å². The Kier molecular flexibility index (Phi) is 3.56. The molecule has 0 aliphatic rings. The first kappa shape index (κ1) is 12.9. The zero-order valence-electron chi connectivity index (χ0n) is 11.2. The maximum Gasteiger partial charge on any atom is 0.243 e. The molecular weight excluding hydrogens is 272 g/mol. The maximum absolute atomic E-state index is 5.86. The van der Waals surface area contributed by atoms with Gasteiger partial charge in [0, 0.05) is 17.8 Å². The first-order valence-electron chi connectivity index (χ1n) is 6.52. The van der Waals surface area contributed by atoms with E-state index >= 15 is 0 Å². The van der Waals surface area contributed by atoms with Gasteiger partial charge in [0.15, 0.2) is 5.65 Å². The van der Waals surface area contributed by atoms with Gasteiger partial charge in [0.25, 0.3) is 0 Å². The van der Waals surface area contributed by atoms with Gasteiger partial charge in [-0.1, -0.05) is 29.8 Å². The van der Waals surface area contributed by atoms with Crippen molar-refractivity contribution in [3.8, 4) is 0 Å². The van der Waals surface area contributed by atoms with Gasteiger partial charge in [-0.2, -0.15) is 4.98 Å². The van der Waals surface area contributed by atoms with Crippen LogP contribution in [0.25, 0.3) is 5.65 Å². The minimum absolute atomic E-state index is 0.657. The topological polar surface area (TPSA) is 42.2 Å². The van der Waals surface area contributed by atoms with Gasteiger partial charge in [0.2, 0.25) is 5.95 Å². The predicted octanol–water partition coefficient (Wildman–Crippen LogP) is 3.35. The van der Waals surface area contributed by atoms with E-state index in [2.05, 4.69) is 15.4 Å². The number of hydrogen-bond acceptors (Lipinski definition) is 3. The quantitative estimate of drug-likeness (QED) is 0.800. The van der Waals surface area contributed by atoms with Crippen LogP contribution in [0.5, 0.6) is 0 Å². The van der Waals surface area contributed by atoms with Crippen LogP contribution >= 0.6 is 11.6 Å². The smallest absolute Gasteiger partial charge is 0.243 e. The van der Waals surface area contributed by atoms with Crippen molar-refractivity contribution in [2.75, 3.05) is 11.9 Å². The molecule has 0 spiro atoms. The molecule has 2 aromatic heterocycles. The molecule has 2 heterocycles. The highest BCUT2D eigenvalue weighted by Crippen LogP contribution is 2.11. The van der Waals surface area contributed by atoms with Crippen LogP contribution in [-0.2, 0) is 6.42 Å². The molecule has 0 fully saturated rings. The summed E-state index contributed by atoms with van der Waals surface area (Å²) in [6.07, 6.45) is 2.87. The fourth-order valence-electron chi connectivity index (χ4n) is 2.03. The number of rotatable bonds is 4. The lowest BCUT2D eigenvalue weighted by Gasteiger charge is -2.02. The molecule has 0 aliphatic carbocycles. The molecule has 5 heteroatoms. The lowest BCUT2D eigenvalue weighted by molar-refractivity contribution is 0.931. The first-order valence-corrected chi connectivity index (χ1v) is 6.90. The largest absolute Gasteiger partial charge is 0.353 e. The molecule has 20 heavy (non-hydrogen) atoms. The molecule has 0 aliphatic heterocycles. The number of benzene rings is 1. The summed E-state index contributed by atoms with van der Waals surface area (Å²) in [4.78, 5) is 4.42. The van der Waals surface area contributed by atoms with Crippen molar-refractivity contribution >= 4 is 23.2 Å². The van der Waals surface area contributed by atoms with E-state index in [9.17, 15) is 0 Å². The highest BCUT2D eigenvalue weighted by atomic mass is 35.5. The molecule has 1 aromatic carbocycles. The van der Waals surface area contributed by atoms with Crippen molar-refractivity contribution in [3.05, 3.63) is 58.7 Å². The van der Waals surface area contributed by atoms with E-state index in [-0.39, 0.29) is 0 Å². The third-order valence-corrected chi connectivity index (χ3v) is 3.34. The van der Waals surface area contributed by atoms with Crippen LogP contribution in [0.15, 0.2) is 42.6 Å². The van der Waals surface area contributed by atoms with E-state index in [4.69, 9.17) is 11.6 Å². The zero-order chi connectivity index (χ0) is 13.9. The SMILES string of the molecule is Cc1ccc2nc(NCCc3ccc(Cl)cc3)nn2c1. The Hall–Kier alpha value is -2.07. The summed E-state index contributed by atoms with van der Waals surface area (Å²) in [5, 5.41) is 8.40. The van der Waals surface area contributed by atoms with E-state index in [1.165, 1.54) is 5.56 Å².